The number of imidazole rings is 1. The largest absolute Gasteiger partial charge is 0.355 e. The molecule has 0 spiro atoms. The van der Waals surface area contributed by atoms with E-state index >= 15 is 0 Å². The summed E-state index contributed by atoms with van der Waals surface area (Å²) >= 11 is 0. The van der Waals surface area contributed by atoms with E-state index in [2.05, 4.69) is 22.1 Å². The molecular weight excluding hydrogens is 188 g/mol. The Kier molecular flexibility index (Phi) is 3.26. The van der Waals surface area contributed by atoms with Crippen molar-refractivity contribution in [3.05, 3.63) is 12.4 Å². The van der Waals surface area contributed by atoms with Gasteiger partial charge < -0.3 is 14.8 Å². The lowest BCUT2D eigenvalue weighted by molar-refractivity contribution is 0.345. The molecule has 15 heavy (non-hydrogen) atoms. The topological polar surface area (TPSA) is 33.1 Å². The Labute approximate surface area is 91.3 Å². The van der Waals surface area contributed by atoms with Crippen LogP contribution < -0.4 is 5.32 Å². The van der Waals surface area contributed by atoms with Crippen LogP contribution in [0.4, 0.5) is 5.95 Å². The molecule has 1 aromatic rings. The highest BCUT2D eigenvalue weighted by Gasteiger charge is 2.20. The smallest absolute Gasteiger partial charge is 0.202 e. The van der Waals surface area contributed by atoms with Crippen LogP contribution in [0.5, 0.6) is 0 Å². The molecule has 1 atom stereocenters. The summed E-state index contributed by atoms with van der Waals surface area (Å²) in [6, 6.07) is 0. The van der Waals surface area contributed by atoms with Gasteiger partial charge in [-0.2, -0.15) is 0 Å². The monoisotopic (exact) mass is 208 g/mol. The van der Waals surface area contributed by atoms with Gasteiger partial charge in [0.1, 0.15) is 0 Å². The van der Waals surface area contributed by atoms with Crippen molar-refractivity contribution in [1.29, 1.82) is 0 Å². The molecule has 0 saturated carbocycles. The van der Waals surface area contributed by atoms with Gasteiger partial charge in [-0.05, 0) is 25.4 Å². The summed E-state index contributed by atoms with van der Waals surface area (Å²) in [7, 11) is 2.02. The zero-order chi connectivity index (χ0) is 10.7. The van der Waals surface area contributed by atoms with Crippen molar-refractivity contribution in [1.82, 2.24) is 14.5 Å². The average molecular weight is 208 g/mol. The maximum atomic E-state index is 4.25. The van der Waals surface area contributed by atoms with Crippen LogP contribution in [0.1, 0.15) is 13.3 Å². The van der Waals surface area contributed by atoms with Crippen LogP contribution in [-0.2, 0) is 7.05 Å². The van der Waals surface area contributed by atoms with Gasteiger partial charge in [0.25, 0.3) is 0 Å². The number of nitrogens with zero attached hydrogens (tertiary/aromatic N) is 3. The Hall–Kier alpha value is -1.03. The van der Waals surface area contributed by atoms with Crippen LogP contribution >= 0.6 is 0 Å². The van der Waals surface area contributed by atoms with Gasteiger partial charge >= 0.3 is 0 Å². The summed E-state index contributed by atoms with van der Waals surface area (Å²) in [6.07, 6.45) is 5.11. The standard InChI is InChI=1S/C11H20N4/c1-3-15-6-4-10(9-15)8-13-11-12-5-7-14(11)2/h5,7,10H,3-4,6,8-9H2,1-2H3,(H,12,13). The Bertz CT molecular complexity index is 307. The molecule has 1 unspecified atom stereocenters. The lowest BCUT2D eigenvalue weighted by Crippen LogP contribution is -2.23. The summed E-state index contributed by atoms with van der Waals surface area (Å²) in [6.45, 7) is 6.94. The third kappa shape index (κ3) is 2.50. The number of hydrogen-bond acceptors (Lipinski definition) is 3. The van der Waals surface area contributed by atoms with E-state index in [0.717, 1.165) is 18.4 Å². The van der Waals surface area contributed by atoms with E-state index in [1.807, 2.05) is 24.0 Å². The molecule has 2 rings (SSSR count). The van der Waals surface area contributed by atoms with E-state index in [1.54, 1.807) is 0 Å². The van der Waals surface area contributed by atoms with Gasteiger partial charge in [-0.15, -0.1) is 0 Å². The lowest BCUT2D eigenvalue weighted by atomic mass is 10.1. The highest BCUT2D eigenvalue weighted by molar-refractivity contribution is 5.25. The summed E-state index contributed by atoms with van der Waals surface area (Å²) in [5.41, 5.74) is 0. The summed E-state index contributed by atoms with van der Waals surface area (Å²) in [5.74, 6) is 1.76. The quantitative estimate of drug-likeness (QED) is 0.806. The molecule has 4 nitrogen and oxygen atoms in total. The Morgan fingerprint density at radius 2 is 2.47 bits per heavy atom. The molecule has 1 aliphatic rings. The first-order chi connectivity index (χ1) is 7.29. The van der Waals surface area contributed by atoms with Gasteiger partial charge in [0.05, 0.1) is 0 Å². The molecule has 1 saturated heterocycles. The number of likely N-dealkylation sites (tertiary alicyclic amines) is 1. The number of rotatable bonds is 4. The van der Waals surface area contributed by atoms with E-state index in [9.17, 15) is 0 Å². The summed E-state index contributed by atoms with van der Waals surface area (Å²) in [4.78, 5) is 6.76. The first-order valence-corrected chi connectivity index (χ1v) is 5.73. The fourth-order valence-electron chi connectivity index (χ4n) is 2.14. The molecular formula is C11H20N4. The zero-order valence-corrected chi connectivity index (χ0v) is 9.61. The second kappa shape index (κ2) is 4.66. The number of aryl methyl sites for hydroxylation is 1. The average Bonchev–Trinajstić information content (AvgIpc) is 2.84. The van der Waals surface area contributed by atoms with E-state index in [4.69, 9.17) is 0 Å². The molecule has 0 aromatic carbocycles. The minimum atomic E-state index is 0.779. The van der Waals surface area contributed by atoms with Gasteiger partial charge in [-0.1, -0.05) is 6.92 Å². The van der Waals surface area contributed by atoms with Crippen molar-refractivity contribution in [3.8, 4) is 0 Å². The van der Waals surface area contributed by atoms with Crippen LogP contribution in [0.25, 0.3) is 0 Å². The van der Waals surface area contributed by atoms with Gasteiger partial charge in [0, 0.05) is 32.5 Å². The predicted molar refractivity (Wildman–Crippen MR) is 61.9 cm³/mol. The van der Waals surface area contributed by atoms with E-state index < -0.39 is 0 Å². The van der Waals surface area contributed by atoms with E-state index in [1.165, 1.54) is 26.1 Å². The third-order valence-electron chi connectivity index (χ3n) is 3.19. The Morgan fingerprint density at radius 3 is 3.07 bits per heavy atom. The normalized spacial score (nSPS) is 22.1. The SMILES string of the molecule is CCN1CCC(CNc2nccn2C)C1. The van der Waals surface area contributed by atoms with Crippen molar-refractivity contribution in [2.75, 3.05) is 31.5 Å². The van der Waals surface area contributed by atoms with Crippen molar-refractivity contribution in [2.45, 2.75) is 13.3 Å². The second-order valence-electron chi connectivity index (χ2n) is 4.29. The van der Waals surface area contributed by atoms with Crippen molar-refractivity contribution >= 4 is 5.95 Å². The van der Waals surface area contributed by atoms with Crippen LogP contribution in [0.15, 0.2) is 12.4 Å². The summed E-state index contributed by atoms with van der Waals surface area (Å²) in [5, 5.41) is 3.40. The van der Waals surface area contributed by atoms with Crippen LogP contribution in [-0.4, -0.2) is 40.6 Å². The molecule has 1 fully saturated rings. The zero-order valence-electron chi connectivity index (χ0n) is 9.61. The van der Waals surface area contributed by atoms with Crippen molar-refractivity contribution < 1.29 is 0 Å². The van der Waals surface area contributed by atoms with E-state index in [0.29, 0.717) is 0 Å². The molecule has 0 bridgehead atoms. The molecule has 1 aromatic heterocycles. The molecule has 0 amide bonds. The van der Waals surface area contributed by atoms with Gasteiger partial charge in [0.2, 0.25) is 5.95 Å². The first-order valence-electron chi connectivity index (χ1n) is 5.73. The minimum absolute atomic E-state index is 0.779. The molecule has 84 valence electrons. The van der Waals surface area contributed by atoms with Crippen LogP contribution in [0, 0.1) is 5.92 Å². The summed E-state index contributed by atoms with van der Waals surface area (Å²) < 4.78 is 2.02. The maximum Gasteiger partial charge on any atom is 0.202 e. The number of aromatic nitrogens is 2. The molecule has 0 aliphatic carbocycles. The van der Waals surface area contributed by atoms with Crippen molar-refractivity contribution in [3.63, 3.8) is 0 Å². The Morgan fingerprint density at radius 1 is 1.60 bits per heavy atom. The van der Waals surface area contributed by atoms with Crippen LogP contribution in [0.3, 0.4) is 0 Å². The number of anilines is 1. The predicted octanol–water partition coefficient (Wildman–Crippen LogP) is 1.17. The molecule has 1 aliphatic heterocycles. The maximum absolute atomic E-state index is 4.25. The van der Waals surface area contributed by atoms with Gasteiger partial charge in [0.15, 0.2) is 0 Å². The number of hydrogen-bond donors (Lipinski definition) is 1. The number of nitrogens with one attached hydrogen (secondary N) is 1. The third-order valence-corrected chi connectivity index (χ3v) is 3.19. The fraction of sp³-hybridized carbons (Fsp3) is 0.727. The second-order valence-corrected chi connectivity index (χ2v) is 4.29. The van der Waals surface area contributed by atoms with Crippen molar-refractivity contribution in [2.24, 2.45) is 13.0 Å². The van der Waals surface area contributed by atoms with Gasteiger partial charge in [-0.3, -0.25) is 0 Å². The molecule has 1 N–H and O–H groups in total. The molecule has 0 radical (unpaired) electrons. The fourth-order valence-corrected chi connectivity index (χ4v) is 2.14. The van der Waals surface area contributed by atoms with E-state index in [-0.39, 0.29) is 0 Å². The molecule has 2 heterocycles. The highest BCUT2D eigenvalue weighted by atomic mass is 15.2. The van der Waals surface area contributed by atoms with Crippen LogP contribution in [0.2, 0.25) is 0 Å². The Balaban J connectivity index is 1.77. The lowest BCUT2D eigenvalue weighted by Gasteiger charge is -2.14. The molecule has 4 heteroatoms. The highest BCUT2D eigenvalue weighted by Crippen LogP contribution is 2.16. The van der Waals surface area contributed by atoms with Gasteiger partial charge in [-0.25, -0.2) is 4.98 Å². The minimum Gasteiger partial charge on any atom is -0.355 e. The first kappa shape index (κ1) is 10.5.